The number of benzene rings is 2. The molecule has 1 unspecified atom stereocenters. The molecule has 0 aliphatic heterocycles. The maximum absolute atomic E-state index is 12.5. The van der Waals surface area contributed by atoms with Crippen LogP contribution in [0.4, 0.5) is 5.69 Å². The Morgan fingerprint density at radius 2 is 1.61 bits per heavy atom. The molecule has 0 aliphatic rings. The largest absolute Gasteiger partial charge is 0.480 e. The molecule has 1 amide bonds. The number of carbonyl (C=O) groups excluding carboxylic acids is 2. The molecule has 2 aromatic carbocycles. The molecule has 0 fully saturated rings. The fourth-order valence-electron chi connectivity index (χ4n) is 2.84. The Kier molecular flexibility index (Phi) is 10.8. The van der Waals surface area contributed by atoms with Crippen LogP contribution >= 0.6 is 23.5 Å². The summed E-state index contributed by atoms with van der Waals surface area (Å²) in [5.74, 6) is -0.710. The molecule has 2 rings (SSSR count). The number of thioether (sulfide) groups is 2. The number of nitrogens with zero attached hydrogens (tertiary/aromatic N) is 1. The normalized spacial score (nSPS) is 12.8. The Bertz CT molecular complexity index is 920. The smallest absolute Gasteiger partial charge is 0.327 e. The van der Waals surface area contributed by atoms with E-state index in [9.17, 15) is 19.5 Å². The monoisotopic (exact) mass is 488 g/mol. The van der Waals surface area contributed by atoms with Gasteiger partial charge in [0.2, 0.25) is 11.0 Å². The van der Waals surface area contributed by atoms with E-state index in [1.54, 1.807) is 31.2 Å². The molecule has 8 heteroatoms. The van der Waals surface area contributed by atoms with Gasteiger partial charge < -0.3 is 15.3 Å². The van der Waals surface area contributed by atoms with Crippen LogP contribution in [0.1, 0.15) is 36.7 Å². The standard InChI is InChI=1S/C25H32N2O4S2/c1-17(2)27(4)21-12-10-19(11-13-21)15-32-16-22(24(29)30)26-23(28)18(3)14-33-25(31)20-8-6-5-7-9-20/h5-13,17-18,22H,14-16H2,1-4H3,(H,26,28)(H,29,30)/t18?,22-/m1/s1. The van der Waals surface area contributed by atoms with Gasteiger partial charge in [-0.3, -0.25) is 9.59 Å². The molecule has 0 bridgehead atoms. The molecular weight excluding hydrogens is 456 g/mol. The molecule has 2 N–H and O–H groups in total. The summed E-state index contributed by atoms with van der Waals surface area (Å²) >= 11 is 2.53. The summed E-state index contributed by atoms with van der Waals surface area (Å²) in [7, 11) is 2.05. The second-order valence-electron chi connectivity index (χ2n) is 8.15. The van der Waals surface area contributed by atoms with Gasteiger partial charge in [0.05, 0.1) is 0 Å². The highest BCUT2D eigenvalue weighted by atomic mass is 32.2. The molecule has 2 aromatic rings. The van der Waals surface area contributed by atoms with Gasteiger partial charge in [-0.25, -0.2) is 4.79 Å². The maximum Gasteiger partial charge on any atom is 0.327 e. The predicted molar refractivity (Wildman–Crippen MR) is 138 cm³/mol. The third-order valence-corrected chi connectivity index (χ3v) is 7.48. The number of carboxylic acid groups (broad SMARTS) is 1. The summed E-state index contributed by atoms with van der Waals surface area (Å²) in [5, 5.41) is 12.0. The number of hydrogen-bond acceptors (Lipinski definition) is 6. The lowest BCUT2D eigenvalue weighted by Crippen LogP contribution is -2.45. The molecule has 33 heavy (non-hydrogen) atoms. The van der Waals surface area contributed by atoms with E-state index >= 15 is 0 Å². The molecular formula is C25H32N2O4S2. The van der Waals surface area contributed by atoms with Crippen molar-refractivity contribution in [2.75, 3.05) is 23.5 Å². The van der Waals surface area contributed by atoms with Gasteiger partial charge in [-0.05, 0) is 31.5 Å². The number of carbonyl (C=O) groups is 3. The van der Waals surface area contributed by atoms with Crippen molar-refractivity contribution < 1.29 is 19.5 Å². The highest BCUT2D eigenvalue weighted by Gasteiger charge is 2.23. The topological polar surface area (TPSA) is 86.7 Å². The van der Waals surface area contributed by atoms with Crippen LogP contribution in [-0.2, 0) is 15.3 Å². The average Bonchev–Trinajstić information content (AvgIpc) is 2.81. The predicted octanol–water partition coefficient (Wildman–Crippen LogP) is 4.54. The van der Waals surface area contributed by atoms with Crippen LogP contribution in [0, 0.1) is 5.92 Å². The first-order chi connectivity index (χ1) is 15.7. The number of aliphatic carboxylic acids is 1. The lowest BCUT2D eigenvalue weighted by Gasteiger charge is -2.23. The minimum Gasteiger partial charge on any atom is -0.480 e. The SMILES string of the molecule is CC(CSC(=O)c1ccccc1)C(=O)N[C@H](CSCc1ccc(N(C)C(C)C)cc1)C(=O)O. The Morgan fingerprint density at radius 1 is 0.970 bits per heavy atom. The van der Waals surface area contributed by atoms with Crippen molar-refractivity contribution in [3.8, 4) is 0 Å². The van der Waals surface area contributed by atoms with Crippen LogP contribution in [0.3, 0.4) is 0 Å². The van der Waals surface area contributed by atoms with Crippen molar-refractivity contribution in [2.24, 2.45) is 5.92 Å². The van der Waals surface area contributed by atoms with Crippen molar-refractivity contribution in [1.82, 2.24) is 5.32 Å². The molecule has 0 saturated carbocycles. The lowest BCUT2D eigenvalue weighted by atomic mass is 10.2. The number of hydrogen-bond donors (Lipinski definition) is 2. The van der Waals surface area contributed by atoms with Crippen LogP contribution in [-0.4, -0.2) is 52.7 Å². The maximum atomic E-state index is 12.5. The minimum atomic E-state index is -1.06. The zero-order chi connectivity index (χ0) is 24.4. The van der Waals surface area contributed by atoms with Crippen LogP contribution in [0.2, 0.25) is 0 Å². The second kappa shape index (κ2) is 13.3. The van der Waals surface area contributed by atoms with Crippen molar-refractivity contribution in [3.63, 3.8) is 0 Å². The Labute approximate surface area is 204 Å². The summed E-state index contributed by atoms with van der Waals surface area (Å²) in [6.07, 6.45) is 0. The number of amides is 1. The van der Waals surface area contributed by atoms with Crippen molar-refractivity contribution in [3.05, 3.63) is 65.7 Å². The van der Waals surface area contributed by atoms with Gasteiger partial charge in [0.1, 0.15) is 6.04 Å². The van der Waals surface area contributed by atoms with Gasteiger partial charge in [0.15, 0.2) is 0 Å². The first-order valence-corrected chi connectivity index (χ1v) is 13.0. The van der Waals surface area contributed by atoms with Gasteiger partial charge in [-0.15, -0.1) is 0 Å². The zero-order valence-corrected chi connectivity index (χ0v) is 21.1. The molecule has 178 valence electrons. The molecule has 0 spiro atoms. The summed E-state index contributed by atoms with van der Waals surface area (Å²) in [6, 6.07) is 16.5. The first-order valence-electron chi connectivity index (χ1n) is 10.8. The zero-order valence-electron chi connectivity index (χ0n) is 19.5. The van der Waals surface area contributed by atoms with Gasteiger partial charge in [0.25, 0.3) is 0 Å². The quantitative estimate of drug-likeness (QED) is 0.453. The van der Waals surface area contributed by atoms with Gasteiger partial charge in [0, 0.05) is 47.5 Å². The highest BCUT2D eigenvalue weighted by molar-refractivity contribution is 8.14. The fraction of sp³-hybridized carbons (Fsp3) is 0.400. The average molecular weight is 489 g/mol. The lowest BCUT2D eigenvalue weighted by molar-refractivity contribution is -0.141. The van der Waals surface area contributed by atoms with E-state index in [1.807, 2.05) is 25.2 Å². The molecule has 2 atom stereocenters. The highest BCUT2D eigenvalue weighted by Crippen LogP contribution is 2.20. The molecule has 6 nitrogen and oxygen atoms in total. The number of carboxylic acids is 1. The third-order valence-electron chi connectivity index (χ3n) is 5.21. The number of anilines is 1. The molecule has 0 radical (unpaired) electrons. The Morgan fingerprint density at radius 3 is 2.18 bits per heavy atom. The molecule has 0 heterocycles. The van der Waals surface area contributed by atoms with Crippen molar-refractivity contribution >= 4 is 46.2 Å². The fourth-order valence-corrected chi connectivity index (χ4v) is 4.71. The number of nitrogens with one attached hydrogen (secondary N) is 1. The van der Waals surface area contributed by atoms with E-state index in [-0.39, 0.29) is 22.5 Å². The van der Waals surface area contributed by atoms with E-state index in [4.69, 9.17) is 0 Å². The molecule has 0 aliphatic carbocycles. The first kappa shape index (κ1) is 26.8. The van der Waals surface area contributed by atoms with Crippen LogP contribution in [0.25, 0.3) is 0 Å². The summed E-state index contributed by atoms with van der Waals surface area (Å²) in [5.41, 5.74) is 2.81. The van der Waals surface area contributed by atoms with Crippen molar-refractivity contribution in [1.29, 1.82) is 0 Å². The van der Waals surface area contributed by atoms with Crippen LogP contribution < -0.4 is 10.2 Å². The van der Waals surface area contributed by atoms with Gasteiger partial charge >= 0.3 is 5.97 Å². The number of rotatable bonds is 12. The third kappa shape index (κ3) is 8.78. The van der Waals surface area contributed by atoms with Gasteiger partial charge in [-0.1, -0.05) is 61.2 Å². The van der Waals surface area contributed by atoms with E-state index in [0.29, 0.717) is 17.4 Å². The minimum absolute atomic E-state index is 0.105. The summed E-state index contributed by atoms with van der Waals surface area (Å²) < 4.78 is 0. The van der Waals surface area contributed by atoms with Gasteiger partial charge in [-0.2, -0.15) is 11.8 Å². The molecule has 0 aromatic heterocycles. The van der Waals surface area contributed by atoms with E-state index in [0.717, 1.165) is 23.0 Å². The van der Waals surface area contributed by atoms with Crippen LogP contribution in [0.15, 0.2) is 54.6 Å². The van der Waals surface area contributed by atoms with E-state index in [1.165, 1.54) is 11.8 Å². The summed E-state index contributed by atoms with van der Waals surface area (Å²) in [4.78, 5) is 38.5. The molecule has 0 saturated heterocycles. The second-order valence-corrected chi connectivity index (χ2v) is 10.2. The Hall–Kier alpha value is -2.45. The van der Waals surface area contributed by atoms with E-state index in [2.05, 4.69) is 36.2 Å². The summed E-state index contributed by atoms with van der Waals surface area (Å²) in [6.45, 7) is 5.96. The van der Waals surface area contributed by atoms with Crippen LogP contribution in [0.5, 0.6) is 0 Å². The van der Waals surface area contributed by atoms with Crippen molar-refractivity contribution in [2.45, 2.75) is 38.6 Å². The van der Waals surface area contributed by atoms with E-state index < -0.39 is 17.9 Å². The Balaban J connectivity index is 1.80.